The van der Waals surface area contributed by atoms with Gasteiger partial charge in [-0.1, -0.05) is 30.3 Å². The number of nitriles is 1. The number of rotatable bonds is 7. The Morgan fingerprint density at radius 2 is 1.94 bits per heavy atom. The van der Waals surface area contributed by atoms with Crippen molar-refractivity contribution in [2.45, 2.75) is 38.4 Å². The number of benzene rings is 2. The third-order valence-corrected chi connectivity index (χ3v) is 6.45. The molecule has 1 unspecified atom stereocenters. The molecule has 168 valence electrons. The number of carbonyl (C=O) groups excluding carboxylic acids is 3. The van der Waals surface area contributed by atoms with Crippen molar-refractivity contribution in [2.24, 2.45) is 0 Å². The average molecular weight is 443 g/mol. The number of hydrogen-bond donors (Lipinski definition) is 0. The molecule has 7 heteroatoms. The molecular weight excluding hydrogens is 416 g/mol. The lowest BCUT2D eigenvalue weighted by Gasteiger charge is -2.48. The maximum absolute atomic E-state index is 13.4. The van der Waals surface area contributed by atoms with E-state index in [-0.39, 0.29) is 30.7 Å². The van der Waals surface area contributed by atoms with E-state index in [1.54, 1.807) is 51.1 Å². The molecule has 1 atom stereocenters. The number of amides is 3. The predicted octanol–water partition coefficient (Wildman–Crippen LogP) is 3.46. The first-order valence-corrected chi connectivity index (χ1v) is 11.0. The van der Waals surface area contributed by atoms with Crippen molar-refractivity contribution < 1.29 is 14.4 Å². The van der Waals surface area contributed by atoms with Gasteiger partial charge in [0.15, 0.2) is 0 Å². The van der Waals surface area contributed by atoms with Crippen molar-refractivity contribution in [3.05, 3.63) is 77.9 Å². The van der Waals surface area contributed by atoms with Gasteiger partial charge in [0.1, 0.15) is 5.66 Å². The third kappa shape index (κ3) is 4.00. The lowest BCUT2D eigenvalue weighted by Crippen LogP contribution is -2.62. The van der Waals surface area contributed by atoms with Crippen LogP contribution in [0.15, 0.2) is 61.2 Å². The highest BCUT2D eigenvalue weighted by Crippen LogP contribution is 2.44. The summed E-state index contributed by atoms with van der Waals surface area (Å²) in [6.07, 6.45) is 2.70. The van der Waals surface area contributed by atoms with Crippen molar-refractivity contribution in [1.82, 2.24) is 9.80 Å². The molecule has 2 aromatic rings. The van der Waals surface area contributed by atoms with Crippen LogP contribution in [0.4, 0.5) is 5.69 Å². The van der Waals surface area contributed by atoms with E-state index in [0.29, 0.717) is 42.7 Å². The first-order valence-electron chi connectivity index (χ1n) is 11.0. The maximum Gasteiger partial charge on any atom is 0.257 e. The smallest absolute Gasteiger partial charge is 0.257 e. The first-order chi connectivity index (χ1) is 15.9. The second kappa shape index (κ2) is 8.91. The van der Waals surface area contributed by atoms with Crippen molar-refractivity contribution in [3.8, 4) is 6.07 Å². The normalized spacial score (nSPS) is 19.0. The van der Waals surface area contributed by atoms with Gasteiger partial charge in [-0.05, 0) is 43.2 Å². The molecule has 0 bridgehead atoms. The molecule has 4 rings (SSSR count). The lowest BCUT2D eigenvalue weighted by molar-refractivity contribution is -0.131. The minimum Gasteiger partial charge on any atom is -0.335 e. The highest BCUT2D eigenvalue weighted by Gasteiger charge is 2.52. The zero-order chi connectivity index (χ0) is 23.6. The van der Waals surface area contributed by atoms with E-state index in [9.17, 15) is 14.4 Å². The van der Waals surface area contributed by atoms with Crippen LogP contribution in [-0.4, -0.2) is 46.3 Å². The monoisotopic (exact) mass is 442 g/mol. The fourth-order valence-corrected chi connectivity index (χ4v) is 4.72. The van der Waals surface area contributed by atoms with E-state index in [4.69, 9.17) is 5.26 Å². The van der Waals surface area contributed by atoms with E-state index >= 15 is 0 Å². The standard InChI is InChI=1S/C26H26N4O3/c1-3-15-28(18-20-10-8-19(17-27)9-11-20)23(31)13-16-29-25(33)21-6-4-5-7-22(21)30-24(32)12-14-26(29,30)2/h3-11H,1,12-16,18H2,2H3. The summed E-state index contributed by atoms with van der Waals surface area (Å²) in [5, 5.41) is 8.98. The van der Waals surface area contributed by atoms with Crippen LogP contribution < -0.4 is 4.90 Å². The Bertz CT molecular complexity index is 1150. The molecule has 3 amide bonds. The fraction of sp³-hybridized carbons (Fsp3) is 0.308. The van der Waals surface area contributed by atoms with Gasteiger partial charge in [0.05, 0.1) is 22.9 Å². The van der Waals surface area contributed by atoms with Crippen LogP contribution >= 0.6 is 0 Å². The molecule has 2 aromatic carbocycles. The summed E-state index contributed by atoms with van der Waals surface area (Å²) in [5.74, 6) is -0.275. The van der Waals surface area contributed by atoms with E-state index in [0.717, 1.165) is 5.56 Å². The highest BCUT2D eigenvalue weighted by molar-refractivity contribution is 6.10. The SMILES string of the molecule is C=CCN(Cc1ccc(C#N)cc1)C(=O)CCN1C(=O)c2ccccc2N2C(=O)CCC12C. The summed E-state index contributed by atoms with van der Waals surface area (Å²) in [4.78, 5) is 44.2. The topological polar surface area (TPSA) is 84.7 Å². The molecule has 0 N–H and O–H groups in total. The van der Waals surface area contributed by atoms with Gasteiger partial charge in [0, 0.05) is 32.5 Å². The summed E-state index contributed by atoms with van der Waals surface area (Å²) >= 11 is 0. The second-order valence-electron chi connectivity index (χ2n) is 8.54. The third-order valence-electron chi connectivity index (χ3n) is 6.45. The number of hydrogen-bond acceptors (Lipinski definition) is 4. The fourth-order valence-electron chi connectivity index (χ4n) is 4.72. The summed E-state index contributed by atoms with van der Waals surface area (Å²) in [7, 11) is 0. The van der Waals surface area contributed by atoms with Crippen LogP contribution in [0, 0.1) is 11.3 Å². The summed E-state index contributed by atoms with van der Waals surface area (Å²) in [6, 6.07) is 16.3. The minimum absolute atomic E-state index is 0.0112. The van der Waals surface area contributed by atoms with Gasteiger partial charge in [-0.2, -0.15) is 5.26 Å². The average Bonchev–Trinajstić information content (AvgIpc) is 3.14. The molecule has 0 spiro atoms. The van der Waals surface area contributed by atoms with Crippen LogP contribution in [0.3, 0.4) is 0 Å². The van der Waals surface area contributed by atoms with E-state index in [1.807, 2.05) is 25.1 Å². The number of nitrogens with zero attached hydrogens (tertiary/aromatic N) is 4. The first kappa shape index (κ1) is 22.3. The van der Waals surface area contributed by atoms with Crippen LogP contribution in [-0.2, 0) is 16.1 Å². The van der Waals surface area contributed by atoms with E-state index < -0.39 is 5.66 Å². The summed E-state index contributed by atoms with van der Waals surface area (Å²) < 4.78 is 0. The van der Waals surface area contributed by atoms with Gasteiger partial charge in [-0.15, -0.1) is 6.58 Å². The lowest BCUT2D eigenvalue weighted by atomic mass is 9.98. The van der Waals surface area contributed by atoms with Crippen molar-refractivity contribution in [1.29, 1.82) is 5.26 Å². The molecule has 0 aromatic heterocycles. The molecule has 2 heterocycles. The molecule has 0 radical (unpaired) electrons. The van der Waals surface area contributed by atoms with E-state index in [2.05, 4.69) is 12.6 Å². The summed E-state index contributed by atoms with van der Waals surface area (Å²) in [6.45, 7) is 6.63. The molecule has 0 aliphatic carbocycles. The number of carbonyl (C=O) groups is 3. The van der Waals surface area contributed by atoms with Crippen LogP contribution in [0.5, 0.6) is 0 Å². The Kier molecular flexibility index (Phi) is 6.01. The molecule has 1 fully saturated rings. The maximum atomic E-state index is 13.4. The van der Waals surface area contributed by atoms with Gasteiger partial charge in [-0.25, -0.2) is 0 Å². The molecule has 2 aliphatic rings. The van der Waals surface area contributed by atoms with Crippen LogP contribution in [0.25, 0.3) is 0 Å². The minimum atomic E-state index is -0.779. The quantitative estimate of drug-likeness (QED) is 0.615. The zero-order valence-electron chi connectivity index (χ0n) is 18.7. The van der Waals surface area contributed by atoms with Crippen LogP contribution in [0.1, 0.15) is 47.7 Å². The van der Waals surface area contributed by atoms with Crippen molar-refractivity contribution in [3.63, 3.8) is 0 Å². The Morgan fingerprint density at radius 1 is 1.21 bits per heavy atom. The number of fused-ring (bicyclic) bond motifs is 3. The molecule has 2 aliphatic heterocycles. The highest BCUT2D eigenvalue weighted by atomic mass is 16.2. The van der Waals surface area contributed by atoms with Crippen LogP contribution in [0.2, 0.25) is 0 Å². The molecule has 33 heavy (non-hydrogen) atoms. The largest absolute Gasteiger partial charge is 0.335 e. The molecule has 0 saturated carbocycles. The Morgan fingerprint density at radius 3 is 2.64 bits per heavy atom. The molecule has 1 saturated heterocycles. The Hall–Kier alpha value is -3.92. The van der Waals surface area contributed by atoms with Gasteiger partial charge >= 0.3 is 0 Å². The number of para-hydroxylation sites is 1. The van der Waals surface area contributed by atoms with Gasteiger partial charge < -0.3 is 9.80 Å². The molecule has 7 nitrogen and oxygen atoms in total. The number of anilines is 1. The Balaban J connectivity index is 1.52. The van der Waals surface area contributed by atoms with Gasteiger partial charge in [0.25, 0.3) is 5.91 Å². The Labute approximate surface area is 193 Å². The zero-order valence-corrected chi connectivity index (χ0v) is 18.7. The predicted molar refractivity (Wildman–Crippen MR) is 124 cm³/mol. The van der Waals surface area contributed by atoms with Crippen molar-refractivity contribution >= 4 is 23.4 Å². The van der Waals surface area contributed by atoms with E-state index in [1.165, 1.54) is 0 Å². The van der Waals surface area contributed by atoms with Crippen molar-refractivity contribution in [2.75, 3.05) is 18.0 Å². The second-order valence-corrected chi connectivity index (χ2v) is 8.54. The van der Waals surface area contributed by atoms with Gasteiger partial charge in [-0.3, -0.25) is 19.3 Å². The summed E-state index contributed by atoms with van der Waals surface area (Å²) in [5.41, 5.74) is 1.82. The molecular formula is C26H26N4O3. The van der Waals surface area contributed by atoms with Gasteiger partial charge in [0.2, 0.25) is 11.8 Å².